The maximum Gasteiger partial charge on any atom is 0.217 e. The van der Waals surface area contributed by atoms with Crippen molar-refractivity contribution in [3.63, 3.8) is 0 Å². The van der Waals surface area contributed by atoms with Crippen molar-refractivity contribution in [1.29, 1.82) is 0 Å². The zero-order valence-corrected chi connectivity index (χ0v) is 19.6. The molecule has 0 aliphatic carbocycles. The van der Waals surface area contributed by atoms with Gasteiger partial charge in [-0.1, -0.05) is 30.3 Å². The molecule has 1 aromatic heterocycles. The smallest absolute Gasteiger partial charge is 0.217 e. The Labute approximate surface area is 195 Å². The number of nitrogens with one attached hydrogen (secondary N) is 1. The van der Waals surface area contributed by atoms with Gasteiger partial charge < -0.3 is 20.7 Å². The summed E-state index contributed by atoms with van der Waals surface area (Å²) in [6, 6.07) is 13.9. The fourth-order valence-corrected chi connectivity index (χ4v) is 3.59. The molecule has 1 saturated heterocycles. The highest BCUT2D eigenvalue weighted by Gasteiger charge is 2.23. The lowest BCUT2D eigenvalue weighted by molar-refractivity contribution is -0.119. The molecule has 0 radical (unpaired) electrons. The van der Waals surface area contributed by atoms with E-state index in [2.05, 4.69) is 20.2 Å². The van der Waals surface area contributed by atoms with Crippen molar-refractivity contribution in [3.8, 4) is 5.88 Å². The molecule has 1 atom stereocenters. The fraction of sp³-hybridized carbons (Fsp3) is 0.409. The third-order valence-corrected chi connectivity index (χ3v) is 5.00. The van der Waals surface area contributed by atoms with Crippen LogP contribution in [0.25, 0.3) is 0 Å². The Hall–Kier alpha value is -2.36. The van der Waals surface area contributed by atoms with Gasteiger partial charge in [0.1, 0.15) is 6.61 Å². The number of nitrogens with zero attached hydrogens (tertiary/aromatic N) is 3. The van der Waals surface area contributed by atoms with Gasteiger partial charge in [-0.2, -0.15) is 0 Å². The third-order valence-electron chi connectivity index (χ3n) is 5.00. The number of amides is 1. The summed E-state index contributed by atoms with van der Waals surface area (Å²) in [5.74, 6) is 1.49. The first-order chi connectivity index (χ1) is 14.1. The molecule has 3 rings (SSSR count). The number of ether oxygens (including phenoxy) is 1. The van der Waals surface area contributed by atoms with Crippen molar-refractivity contribution in [1.82, 2.24) is 15.2 Å². The van der Waals surface area contributed by atoms with E-state index in [-0.39, 0.29) is 29.9 Å². The number of rotatable bonds is 7. The van der Waals surface area contributed by atoms with Crippen molar-refractivity contribution in [2.24, 2.45) is 16.6 Å². The predicted octanol–water partition coefficient (Wildman–Crippen LogP) is 2.94. The van der Waals surface area contributed by atoms with Crippen molar-refractivity contribution in [3.05, 3.63) is 59.8 Å². The van der Waals surface area contributed by atoms with Crippen LogP contribution in [0.15, 0.2) is 53.7 Å². The Balaban J connectivity index is 0.00000320. The number of benzene rings is 1. The van der Waals surface area contributed by atoms with E-state index in [0.29, 0.717) is 31.4 Å². The zero-order chi connectivity index (χ0) is 20.5. The number of carbonyl (C=O) groups is 1. The van der Waals surface area contributed by atoms with E-state index in [1.807, 2.05) is 42.5 Å². The molecule has 1 aliphatic heterocycles. The largest absolute Gasteiger partial charge is 0.473 e. The number of pyridine rings is 1. The SMILES string of the molecule is CN=C(NCc1ccnc(OCc2ccccc2)c1)N1CCCC(CC(N)=O)C1.I. The minimum atomic E-state index is -0.236. The van der Waals surface area contributed by atoms with Crippen LogP contribution >= 0.6 is 24.0 Å². The number of aromatic nitrogens is 1. The van der Waals surface area contributed by atoms with Crippen LogP contribution in [0.5, 0.6) is 5.88 Å². The van der Waals surface area contributed by atoms with E-state index in [9.17, 15) is 4.79 Å². The molecule has 162 valence electrons. The number of nitrogens with two attached hydrogens (primary N) is 1. The number of aliphatic imine (C=N–C) groups is 1. The predicted molar refractivity (Wildman–Crippen MR) is 129 cm³/mol. The number of likely N-dealkylation sites (tertiary alicyclic amines) is 1. The average Bonchev–Trinajstić information content (AvgIpc) is 2.74. The molecule has 7 nitrogen and oxygen atoms in total. The first kappa shape index (κ1) is 23.9. The van der Waals surface area contributed by atoms with Crippen molar-refractivity contribution in [2.45, 2.75) is 32.4 Å². The van der Waals surface area contributed by atoms with Crippen LogP contribution < -0.4 is 15.8 Å². The number of halogens is 1. The van der Waals surface area contributed by atoms with Crippen LogP contribution in [0.3, 0.4) is 0 Å². The van der Waals surface area contributed by atoms with Crippen molar-refractivity contribution < 1.29 is 9.53 Å². The number of piperidine rings is 1. The van der Waals surface area contributed by atoms with Gasteiger partial charge in [-0.15, -0.1) is 24.0 Å². The lowest BCUT2D eigenvalue weighted by Gasteiger charge is -2.34. The Kier molecular flexibility index (Phi) is 9.85. The quantitative estimate of drug-likeness (QED) is 0.331. The molecule has 2 aromatic rings. The molecule has 1 fully saturated rings. The third kappa shape index (κ3) is 7.47. The monoisotopic (exact) mass is 523 g/mol. The average molecular weight is 523 g/mol. The molecule has 2 heterocycles. The van der Waals surface area contributed by atoms with E-state index in [1.54, 1.807) is 13.2 Å². The Morgan fingerprint density at radius 3 is 2.83 bits per heavy atom. The topological polar surface area (TPSA) is 92.8 Å². The number of hydrogen-bond donors (Lipinski definition) is 2. The fourth-order valence-electron chi connectivity index (χ4n) is 3.59. The summed E-state index contributed by atoms with van der Waals surface area (Å²) in [4.78, 5) is 22.1. The molecular formula is C22H30IN5O2. The van der Waals surface area contributed by atoms with Gasteiger partial charge in [-0.3, -0.25) is 9.79 Å². The van der Waals surface area contributed by atoms with Crippen LogP contribution in [-0.2, 0) is 17.9 Å². The minimum Gasteiger partial charge on any atom is -0.473 e. The summed E-state index contributed by atoms with van der Waals surface area (Å²) >= 11 is 0. The molecule has 30 heavy (non-hydrogen) atoms. The second-order valence-corrected chi connectivity index (χ2v) is 7.30. The first-order valence-corrected chi connectivity index (χ1v) is 9.99. The summed E-state index contributed by atoms with van der Waals surface area (Å²) in [6.07, 6.45) is 4.25. The summed E-state index contributed by atoms with van der Waals surface area (Å²) < 4.78 is 5.81. The molecule has 1 aliphatic rings. The second kappa shape index (κ2) is 12.4. The lowest BCUT2D eigenvalue weighted by atomic mass is 9.95. The summed E-state index contributed by atoms with van der Waals surface area (Å²) in [6.45, 7) is 2.83. The molecule has 1 aromatic carbocycles. The highest BCUT2D eigenvalue weighted by atomic mass is 127. The van der Waals surface area contributed by atoms with Crippen LogP contribution in [0.1, 0.15) is 30.4 Å². The van der Waals surface area contributed by atoms with Gasteiger partial charge in [0.25, 0.3) is 0 Å². The molecule has 3 N–H and O–H groups in total. The van der Waals surface area contributed by atoms with Gasteiger partial charge in [0.05, 0.1) is 0 Å². The van der Waals surface area contributed by atoms with Crippen LogP contribution in [0.2, 0.25) is 0 Å². The molecule has 1 amide bonds. The lowest BCUT2D eigenvalue weighted by Crippen LogP contribution is -2.46. The van der Waals surface area contributed by atoms with E-state index in [4.69, 9.17) is 10.5 Å². The van der Waals surface area contributed by atoms with E-state index in [1.165, 1.54) is 0 Å². The molecular weight excluding hydrogens is 493 g/mol. The minimum absolute atomic E-state index is 0. The Bertz CT molecular complexity index is 831. The highest BCUT2D eigenvalue weighted by Crippen LogP contribution is 2.19. The maximum atomic E-state index is 11.2. The van der Waals surface area contributed by atoms with Crippen LogP contribution in [-0.4, -0.2) is 41.9 Å². The van der Waals surface area contributed by atoms with Gasteiger partial charge in [0.2, 0.25) is 11.8 Å². The standard InChI is InChI=1S/C22H29N5O2.HI/c1-24-22(27-11-5-8-19(15-27)12-20(23)28)26-14-18-9-10-25-21(13-18)29-16-17-6-3-2-4-7-17;/h2-4,6-7,9-10,13,19H,5,8,11-12,14-16H2,1H3,(H2,23,28)(H,24,26);1H. The molecule has 0 bridgehead atoms. The maximum absolute atomic E-state index is 11.2. The normalized spacial score (nSPS) is 16.5. The number of guanidine groups is 1. The highest BCUT2D eigenvalue weighted by molar-refractivity contribution is 14.0. The second-order valence-electron chi connectivity index (χ2n) is 7.30. The van der Waals surface area contributed by atoms with Crippen LogP contribution in [0, 0.1) is 5.92 Å². The summed E-state index contributed by atoms with van der Waals surface area (Å²) in [5, 5.41) is 3.41. The van der Waals surface area contributed by atoms with Crippen molar-refractivity contribution >= 4 is 35.8 Å². The van der Waals surface area contributed by atoms with E-state index >= 15 is 0 Å². The zero-order valence-electron chi connectivity index (χ0n) is 17.3. The number of primary amides is 1. The van der Waals surface area contributed by atoms with Crippen LogP contribution in [0.4, 0.5) is 0 Å². The van der Waals surface area contributed by atoms with E-state index < -0.39 is 0 Å². The number of hydrogen-bond acceptors (Lipinski definition) is 4. The van der Waals surface area contributed by atoms with Gasteiger partial charge in [-0.05, 0) is 36.0 Å². The summed E-state index contributed by atoms with van der Waals surface area (Å²) in [5.41, 5.74) is 7.54. The molecule has 8 heteroatoms. The number of carbonyl (C=O) groups excluding carboxylic acids is 1. The van der Waals surface area contributed by atoms with Gasteiger partial charge in [0.15, 0.2) is 5.96 Å². The van der Waals surface area contributed by atoms with Gasteiger partial charge >= 0.3 is 0 Å². The van der Waals surface area contributed by atoms with Gasteiger partial charge in [0, 0.05) is 45.4 Å². The Morgan fingerprint density at radius 1 is 1.30 bits per heavy atom. The molecule has 0 saturated carbocycles. The molecule has 1 unspecified atom stereocenters. The summed E-state index contributed by atoms with van der Waals surface area (Å²) in [7, 11) is 1.78. The Morgan fingerprint density at radius 2 is 2.10 bits per heavy atom. The molecule has 0 spiro atoms. The van der Waals surface area contributed by atoms with Crippen molar-refractivity contribution in [2.75, 3.05) is 20.1 Å². The van der Waals surface area contributed by atoms with E-state index in [0.717, 1.165) is 43.0 Å². The van der Waals surface area contributed by atoms with Gasteiger partial charge in [-0.25, -0.2) is 4.98 Å². The first-order valence-electron chi connectivity index (χ1n) is 9.99.